The van der Waals surface area contributed by atoms with Crippen LogP contribution in [0.25, 0.3) is 0 Å². The Morgan fingerprint density at radius 2 is 2.31 bits per heavy atom. The summed E-state index contributed by atoms with van der Waals surface area (Å²) < 4.78 is 5.69. The van der Waals surface area contributed by atoms with E-state index in [1.165, 1.54) is 17.9 Å². The minimum Gasteiger partial charge on any atom is -0.376 e. The zero-order valence-corrected chi connectivity index (χ0v) is 11.2. The average molecular weight is 244 g/mol. The highest BCUT2D eigenvalue weighted by Crippen LogP contribution is 2.30. The Bertz CT molecular complexity index is 221. The Morgan fingerprint density at radius 1 is 1.50 bits per heavy atom. The molecule has 16 heavy (non-hydrogen) atoms. The number of nitrogens with zero attached hydrogens (tertiary/aromatic N) is 1. The molecular weight excluding hydrogens is 220 g/mol. The number of thioether (sulfide) groups is 1. The SMILES string of the molecule is CC1CN(C(CN)C2CCSC2)C(C)CO1. The number of morpholine rings is 1. The van der Waals surface area contributed by atoms with Crippen molar-refractivity contribution in [3.63, 3.8) is 0 Å². The van der Waals surface area contributed by atoms with E-state index in [0.29, 0.717) is 18.2 Å². The maximum atomic E-state index is 6.00. The molecule has 0 aromatic heterocycles. The smallest absolute Gasteiger partial charge is 0.0674 e. The first-order valence-corrected chi connectivity index (χ1v) is 7.53. The van der Waals surface area contributed by atoms with Crippen molar-refractivity contribution in [2.45, 2.75) is 38.5 Å². The molecule has 0 bridgehead atoms. The van der Waals surface area contributed by atoms with E-state index in [9.17, 15) is 0 Å². The van der Waals surface area contributed by atoms with Crippen LogP contribution in [0.3, 0.4) is 0 Å². The van der Waals surface area contributed by atoms with Crippen molar-refractivity contribution in [3.8, 4) is 0 Å². The summed E-state index contributed by atoms with van der Waals surface area (Å²) in [6.07, 6.45) is 1.70. The molecule has 2 rings (SSSR count). The van der Waals surface area contributed by atoms with Crippen LogP contribution in [-0.4, -0.2) is 54.3 Å². The van der Waals surface area contributed by atoms with E-state index in [-0.39, 0.29) is 0 Å². The van der Waals surface area contributed by atoms with Gasteiger partial charge in [-0.3, -0.25) is 4.90 Å². The van der Waals surface area contributed by atoms with Crippen molar-refractivity contribution in [3.05, 3.63) is 0 Å². The monoisotopic (exact) mass is 244 g/mol. The molecule has 0 amide bonds. The molecule has 4 atom stereocenters. The molecule has 0 aliphatic carbocycles. The van der Waals surface area contributed by atoms with Crippen LogP contribution in [0.2, 0.25) is 0 Å². The largest absolute Gasteiger partial charge is 0.376 e. The first-order chi connectivity index (χ1) is 7.72. The highest BCUT2D eigenvalue weighted by atomic mass is 32.2. The average Bonchev–Trinajstić information content (AvgIpc) is 2.78. The fourth-order valence-electron chi connectivity index (χ4n) is 2.85. The molecule has 0 radical (unpaired) electrons. The van der Waals surface area contributed by atoms with Crippen LogP contribution >= 0.6 is 11.8 Å². The van der Waals surface area contributed by atoms with Crippen LogP contribution in [0.5, 0.6) is 0 Å². The van der Waals surface area contributed by atoms with Gasteiger partial charge in [0.1, 0.15) is 0 Å². The lowest BCUT2D eigenvalue weighted by Crippen LogP contribution is -2.56. The molecule has 0 aromatic carbocycles. The second-order valence-corrected chi connectivity index (χ2v) is 6.27. The van der Waals surface area contributed by atoms with Crippen molar-refractivity contribution in [1.82, 2.24) is 4.90 Å². The molecule has 0 saturated carbocycles. The van der Waals surface area contributed by atoms with E-state index in [4.69, 9.17) is 10.5 Å². The zero-order valence-electron chi connectivity index (χ0n) is 10.4. The van der Waals surface area contributed by atoms with E-state index >= 15 is 0 Å². The summed E-state index contributed by atoms with van der Waals surface area (Å²) in [6, 6.07) is 1.09. The third-order valence-electron chi connectivity index (χ3n) is 3.83. The lowest BCUT2D eigenvalue weighted by Gasteiger charge is -2.43. The van der Waals surface area contributed by atoms with Crippen LogP contribution in [0, 0.1) is 5.92 Å². The lowest BCUT2D eigenvalue weighted by molar-refractivity contribution is -0.0718. The maximum absolute atomic E-state index is 6.00. The topological polar surface area (TPSA) is 38.5 Å². The summed E-state index contributed by atoms with van der Waals surface area (Å²) in [5.74, 6) is 3.40. The predicted octanol–water partition coefficient (Wildman–Crippen LogP) is 1.18. The van der Waals surface area contributed by atoms with Crippen LogP contribution < -0.4 is 5.73 Å². The molecular formula is C12H24N2OS. The summed E-state index contributed by atoms with van der Waals surface area (Å²) in [6.45, 7) is 7.12. The number of nitrogens with two attached hydrogens (primary N) is 1. The highest BCUT2D eigenvalue weighted by molar-refractivity contribution is 7.99. The van der Waals surface area contributed by atoms with E-state index in [0.717, 1.165) is 25.6 Å². The zero-order chi connectivity index (χ0) is 11.5. The molecule has 3 nitrogen and oxygen atoms in total. The fourth-order valence-corrected chi connectivity index (χ4v) is 4.17. The Balaban J connectivity index is 2.00. The van der Waals surface area contributed by atoms with Gasteiger partial charge >= 0.3 is 0 Å². The lowest BCUT2D eigenvalue weighted by atomic mass is 9.95. The fraction of sp³-hybridized carbons (Fsp3) is 1.00. The molecule has 94 valence electrons. The molecule has 4 heteroatoms. The number of hydrogen-bond donors (Lipinski definition) is 1. The van der Waals surface area contributed by atoms with Crippen molar-refractivity contribution in [2.24, 2.45) is 11.7 Å². The van der Waals surface area contributed by atoms with Crippen molar-refractivity contribution < 1.29 is 4.74 Å². The summed E-state index contributed by atoms with van der Waals surface area (Å²) in [4.78, 5) is 2.59. The van der Waals surface area contributed by atoms with Gasteiger partial charge in [0.15, 0.2) is 0 Å². The third kappa shape index (κ3) is 2.73. The number of rotatable bonds is 3. The molecule has 0 spiro atoms. The quantitative estimate of drug-likeness (QED) is 0.809. The summed E-state index contributed by atoms with van der Waals surface area (Å²) in [5, 5.41) is 0. The molecule has 2 heterocycles. The van der Waals surface area contributed by atoms with Gasteiger partial charge in [0.25, 0.3) is 0 Å². The van der Waals surface area contributed by atoms with Gasteiger partial charge in [0, 0.05) is 25.2 Å². The number of ether oxygens (including phenoxy) is 1. The van der Waals surface area contributed by atoms with Crippen LogP contribution in [0.1, 0.15) is 20.3 Å². The molecule has 2 aliphatic rings. The van der Waals surface area contributed by atoms with Crippen molar-refractivity contribution in [2.75, 3.05) is 31.2 Å². The maximum Gasteiger partial charge on any atom is 0.0674 e. The van der Waals surface area contributed by atoms with Gasteiger partial charge in [-0.25, -0.2) is 0 Å². The first kappa shape index (κ1) is 12.7. The Kier molecular flexibility index (Phi) is 4.53. The molecule has 2 aliphatic heterocycles. The van der Waals surface area contributed by atoms with E-state index in [1.807, 2.05) is 0 Å². The van der Waals surface area contributed by atoms with Crippen LogP contribution in [0.4, 0.5) is 0 Å². The minimum absolute atomic E-state index is 0.360. The summed E-state index contributed by atoms with van der Waals surface area (Å²) in [7, 11) is 0. The van der Waals surface area contributed by atoms with Gasteiger partial charge in [-0.1, -0.05) is 0 Å². The normalized spacial score (nSPS) is 38.8. The van der Waals surface area contributed by atoms with Gasteiger partial charge in [0.2, 0.25) is 0 Å². The first-order valence-electron chi connectivity index (χ1n) is 6.37. The minimum atomic E-state index is 0.360. The van der Waals surface area contributed by atoms with Crippen molar-refractivity contribution >= 4 is 11.8 Å². The van der Waals surface area contributed by atoms with E-state index < -0.39 is 0 Å². The second kappa shape index (κ2) is 5.71. The molecule has 0 aromatic rings. The summed E-state index contributed by atoms with van der Waals surface area (Å²) >= 11 is 2.08. The standard InChI is InChI=1S/C12H24N2OS/c1-9-7-15-10(2)6-14(9)12(5-13)11-3-4-16-8-11/h9-12H,3-8,13H2,1-2H3. The molecule has 2 N–H and O–H groups in total. The van der Waals surface area contributed by atoms with Crippen LogP contribution in [-0.2, 0) is 4.74 Å². The molecule has 2 saturated heterocycles. The van der Waals surface area contributed by atoms with Gasteiger partial charge in [-0.15, -0.1) is 0 Å². The summed E-state index contributed by atoms with van der Waals surface area (Å²) in [5.41, 5.74) is 6.00. The number of hydrogen-bond acceptors (Lipinski definition) is 4. The van der Waals surface area contributed by atoms with Crippen molar-refractivity contribution in [1.29, 1.82) is 0 Å². The predicted molar refractivity (Wildman–Crippen MR) is 69.9 cm³/mol. The van der Waals surface area contributed by atoms with Crippen LogP contribution in [0.15, 0.2) is 0 Å². The Morgan fingerprint density at radius 3 is 2.94 bits per heavy atom. The second-order valence-electron chi connectivity index (χ2n) is 5.12. The highest BCUT2D eigenvalue weighted by Gasteiger charge is 2.34. The van der Waals surface area contributed by atoms with Gasteiger partial charge < -0.3 is 10.5 Å². The molecule has 2 fully saturated rings. The van der Waals surface area contributed by atoms with E-state index in [1.54, 1.807) is 0 Å². The van der Waals surface area contributed by atoms with Gasteiger partial charge in [-0.05, 0) is 37.7 Å². The third-order valence-corrected chi connectivity index (χ3v) is 5.02. The Labute approximate surface area is 103 Å². The molecule has 4 unspecified atom stereocenters. The van der Waals surface area contributed by atoms with Gasteiger partial charge in [0.05, 0.1) is 12.7 Å². The van der Waals surface area contributed by atoms with Gasteiger partial charge in [-0.2, -0.15) is 11.8 Å². The Hall–Kier alpha value is 0.230. The van der Waals surface area contributed by atoms with E-state index in [2.05, 4.69) is 30.5 Å².